The number of hydrogen-bond donors (Lipinski definition) is 1. The van der Waals surface area contributed by atoms with Gasteiger partial charge in [0.1, 0.15) is 17.3 Å². The van der Waals surface area contributed by atoms with E-state index >= 15 is 0 Å². The van der Waals surface area contributed by atoms with E-state index in [1.165, 1.54) is 4.90 Å². The number of carbonyl (C=O) groups is 2. The largest absolute Gasteiger partial charge is 0.507 e. The van der Waals surface area contributed by atoms with Crippen molar-refractivity contribution in [1.29, 1.82) is 0 Å². The first-order valence-electron chi connectivity index (χ1n) is 11.3. The van der Waals surface area contributed by atoms with Gasteiger partial charge in [-0.2, -0.15) is 0 Å². The molecule has 1 amide bonds. The summed E-state index contributed by atoms with van der Waals surface area (Å²) in [5.74, 6) is -0.0499. The van der Waals surface area contributed by atoms with Crippen LogP contribution in [0.2, 0.25) is 0 Å². The summed E-state index contributed by atoms with van der Waals surface area (Å²) in [4.78, 5) is 27.7. The first-order valence-corrected chi connectivity index (χ1v) is 11.3. The van der Waals surface area contributed by atoms with Crippen molar-refractivity contribution in [3.8, 4) is 11.5 Å². The normalized spacial score (nSPS) is 19.0. The van der Waals surface area contributed by atoms with Gasteiger partial charge >= 0.3 is 0 Å². The minimum atomic E-state index is -0.712. The number of likely N-dealkylation sites (tertiary alicyclic amines) is 1. The molecule has 0 bridgehead atoms. The van der Waals surface area contributed by atoms with E-state index in [1.54, 1.807) is 19.2 Å². The summed E-state index contributed by atoms with van der Waals surface area (Å²) in [6.07, 6.45) is 2.17. The highest BCUT2D eigenvalue weighted by atomic mass is 16.5. The SMILES string of the molecule is CCCOc1cccc(C2/C(=C(/O)c3ccc4c(c3)CCO4)C(=O)C(=O)N2CCCOC)c1. The summed E-state index contributed by atoms with van der Waals surface area (Å²) >= 11 is 0. The molecule has 0 spiro atoms. The van der Waals surface area contributed by atoms with E-state index in [0.717, 1.165) is 24.2 Å². The van der Waals surface area contributed by atoms with E-state index in [-0.39, 0.29) is 11.3 Å². The van der Waals surface area contributed by atoms with Gasteiger partial charge in [0, 0.05) is 32.2 Å². The molecule has 1 N–H and O–H groups in total. The van der Waals surface area contributed by atoms with E-state index < -0.39 is 17.7 Å². The Morgan fingerprint density at radius 3 is 2.82 bits per heavy atom. The van der Waals surface area contributed by atoms with Crippen LogP contribution < -0.4 is 9.47 Å². The minimum absolute atomic E-state index is 0.0870. The topological polar surface area (TPSA) is 85.3 Å². The van der Waals surface area contributed by atoms with Gasteiger partial charge in [-0.15, -0.1) is 0 Å². The maximum atomic E-state index is 13.1. The van der Waals surface area contributed by atoms with Crippen LogP contribution in [0.1, 0.15) is 42.5 Å². The molecular weight excluding hydrogens is 422 g/mol. The Morgan fingerprint density at radius 2 is 2.03 bits per heavy atom. The van der Waals surface area contributed by atoms with Crippen LogP contribution in [0.25, 0.3) is 5.76 Å². The molecule has 1 saturated heterocycles. The third-order valence-electron chi connectivity index (χ3n) is 5.90. The van der Waals surface area contributed by atoms with E-state index in [0.29, 0.717) is 49.7 Å². The average molecular weight is 452 g/mol. The molecule has 174 valence electrons. The van der Waals surface area contributed by atoms with Crippen LogP contribution in [0, 0.1) is 0 Å². The van der Waals surface area contributed by atoms with Crippen LogP contribution in [0.5, 0.6) is 11.5 Å². The fraction of sp³-hybridized carbons (Fsp3) is 0.385. The van der Waals surface area contributed by atoms with Crippen molar-refractivity contribution in [2.45, 2.75) is 32.2 Å². The highest BCUT2D eigenvalue weighted by molar-refractivity contribution is 6.46. The molecule has 0 aliphatic carbocycles. The predicted molar refractivity (Wildman–Crippen MR) is 123 cm³/mol. The molecule has 2 heterocycles. The highest BCUT2D eigenvalue weighted by Gasteiger charge is 2.46. The summed E-state index contributed by atoms with van der Waals surface area (Å²) < 4.78 is 16.5. The first-order chi connectivity index (χ1) is 16.0. The van der Waals surface area contributed by atoms with Gasteiger partial charge in [0.2, 0.25) is 0 Å². The maximum absolute atomic E-state index is 13.1. The number of amides is 1. The molecule has 1 unspecified atom stereocenters. The van der Waals surface area contributed by atoms with E-state index in [2.05, 4.69) is 0 Å². The van der Waals surface area contributed by atoms with Crippen LogP contribution in [0.15, 0.2) is 48.0 Å². The summed E-state index contributed by atoms with van der Waals surface area (Å²) in [6, 6.07) is 12.0. The van der Waals surface area contributed by atoms with Crippen LogP contribution >= 0.6 is 0 Å². The Balaban J connectivity index is 1.78. The van der Waals surface area contributed by atoms with Gasteiger partial charge < -0.3 is 24.2 Å². The maximum Gasteiger partial charge on any atom is 0.295 e. The second-order valence-corrected chi connectivity index (χ2v) is 8.18. The second kappa shape index (κ2) is 10.1. The minimum Gasteiger partial charge on any atom is -0.507 e. The van der Waals surface area contributed by atoms with E-state index in [4.69, 9.17) is 14.2 Å². The summed E-state index contributed by atoms with van der Waals surface area (Å²) in [6.45, 7) is 3.97. The Bertz CT molecular complexity index is 1080. The molecule has 4 rings (SSSR count). The second-order valence-electron chi connectivity index (χ2n) is 8.18. The third-order valence-corrected chi connectivity index (χ3v) is 5.90. The Morgan fingerprint density at radius 1 is 1.18 bits per heavy atom. The summed E-state index contributed by atoms with van der Waals surface area (Å²) in [7, 11) is 1.59. The number of benzene rings is 2. The molecule has 0 aromatic heterocycles. The molecule has 2 aromatic carbocycles. The molecule has 33 heavy (non-hydrogen) atoms. The molecule has 2 aliphatic heterocycles. The number of aliphatic hydroxyl groups is 1. The molecule has 7 nitrogen and oxygen atoms in total. The number of rotatable bonds is 9. The predicted octanol–water partition coefficient (Wildman–Crippen LogP) is 3.87. The number of nitrogens with zero attached hydrogens (tertiary/aromatic N) is 1. The average Bonchev–Trinajstić information content (AvgIpc) is 3.40. The van der Waals surface area contributed by atoms with Crippen LogP contribution in [0.4, 0.5) is 0 Å². The van der Waals surface area contributed by atoms with Crippen LogP contribution in [-0.2, 0) is 20.7 Å². The molecule has 0 radical (unpaired) electrons. The van der Waals surface area contributed by atoms with Crippen molar-refractivity contribution in [3.63, 3.8) is 0 Å². The lowest BCUT2D eigenvalue weighted by atomic mass is 9.94. The summed E-state index contributed by atoms with van der Waals surface area (Å²) in [5.41, 5.74) is 2.27. The molecule has 1 fully saturated rings. The van der Waals surface area contributed by atoms with Gasteiger partial charge in [-0.05, 0) is 54.3 Å². The lowest BCUT2D eigenvalue weighted by molar-refractivity contribution is -0.140. The zero-order valence-electron chi connectivity index (χ0n) is 19.0. The Kier molecular flexibility index (Phi) is 6.99. The summed E-state index contributed by atoms with van der Waals surface area (Å²) in [5, 5.41) is 11.3. The zero-order valence-corrected chi connectivity index (χ0v) is 19.0. The van der Waals surface area contributed by atoms with Crippen molar-refractivity contribution < 1.29 is 28.9 Å². The molecule has 1 atom stereocenters. The van der Waals surface area contributed by atoms with Gasteiger partial charge in [-0.25, -0.2) is 0 Å². The van der Waals surface area contributed by atoms with Crippen molar-refractivity contribution >= 4 is 17.4 Å². The van der Waals surface area contributed by atoms with Crippen molar-refractivity contribution in [2.75, 3.05) is 33.5 Å². The van der Waals surface area contributed by atoms with Gasteiger partial charge in [0.15, 0.2) is 0 Å². The number of carbonyl (C=O) groups excluding carboxylic acids is 2. The van der Waals surface area contributed by atoms with Gasteiger partial charge in [0.05, 0.1) is 24.8 Å². The van der Waals surface area contributed by atoms with Crippen molar-refractivity contribution in [2.24, 2.45) is 0 Å². The van der Waals surface area contributed by atoms with Gasteiger partial charge in [-0.3, -0.25) is 9.59 Å². The number of fused-ring (bicyclic) bond motifs is 1. The monoisotopic (exact) mass is 451 g/mol. The molecule has 7 heteroatoms. The number of Topliss-reactive ketones (excluding diaryl/α,β-unsaturated/α-hetero) is 1. The highest BCUT2D eigenvalue weighted by Crippen LogP contribution is 2.41. The first kappa shape index (κ1) is 22.9. The molecule has 2 aliphatic rings. The smallest absolute Gasteiger partial charge is 0.295 e. The molecule has 0 saturated carbocycles. The lowest BCUT2D eigenvalue weighted by Crippen LogP contribution is -2.31. The standard InChI is InChI=1S/C26H29NO6/c1-3-12-32-20-7-4-6-18(16-20)23-22(25(29)26(30)27(23)11-5-13-31-2)24(28)19-8-9-21-17(15-19)10-14-33-21/h4,6-9,15-16,23,28H,3,5,10-14H2,1-2H3/b24-22-. The number of ether oxygens (including phenoxy) is 3. The third kappa shape index (κ3) is 4.59. The van der Waals surface area contributed by atoms with Crippen LogP contribution in [-0.4, -0.2) is 55.2 Å². The van der Waals surface area contributed by atoms with Gasteiger partial charge in [-0.1, -0.05) is 19.1 Å². The fourth-order valence-electron chi connectivity index (χ4n) is 4.32. The Labute approximate surface area is 193 Å². The molecular formula is C26H29NO6. The zero-order chi connectivity index (χ0) is 23.4. The van der Waals surface area contributed by atoms with Gasteiger partial charge in [0.25, 0.3) is 11.7 Å². The molecule has 2 aromatic rings. The lowest BCUT2D eigenvalue weighted by Gasteiger charge is -2.25. The Hall–Kier alpha value is -3.32. The van der Waals surface area contributed by atoms with Crippen molar-refractivity contribution in [1.82, 2.24) is 4.90 Å². The number of aliphatic hydroxyl groups excluding tert-OH is 1. The van der Waals surface area contributed by atoms with E-state index in [9.17, 15) is 14.7 Å². The van der Waals surface area contributed by atoms with Crippen molar-refractivity contribution in [3.05, 3.63) is 64.7 Å². The number of hydrogen-bond acceptors (Lipinski definition) is 6. The quantitative estimate of drug-likeness (QED) is 0.270. The van der Waals surface area contributed by atoms with Crippen LogP contribution in [0.3, 0.4) is 0 Å². The number of methoxy groups -OCH3 is 1. The fourth-order valence-corrected chi connectivity index (χ4v) is 4.32. The van der Waals surface area contributed by atoms with E-state index in [1.807, 2.05) is 37.3 Å². The number of ketones is 1.